The number of aryl methyl sites for hydroxylation is 1. The number of aromatic nitrogens is 2. The van der Waals surface area contributed by atoms with Crippen LogP contribution in [0.1, 0.15) is 30.4 Å². The van der Waals surface area contributed by atoms with Crippen molar-refractivity contribution in [3.05, 3.63) is 53.9 Å². The van der Waals surface area contributed by atoms with Gasteiger partial charge in [-0.2, -0.15) is 5.10 Å². The van der Waals surface area contributed by atoms with Crippen molar-refractivity contribution in [2.24, 2.45) is 7.05 Å². The van der Waals surface area contributed by atoms with Gasteiger partial charge in [-0.3, -0.25) is 14.5 Å². The summed E-state index contributed by atoms with van der Waals surface area (Å²) in [6.45, 7) is 5.10. The molecule has 2 fully saturated rings. The van der Waals surface area contributed by atoms with E-state index < -0.39 is 0 Å². The average Bonchev–Trinajstić information content (AvgIpc) is 3.25. The maximum Gasteiger partial charge on any atom is 0.0723 e. The SMILES string of the molecule is CN(Cc1ccccc1)[C@H]1COC2(CCN(Cc3cnn(C)c3)CC2)C1. The highest BCUT2D eigenvalue weighted by Crippen LogP contribution is 2.38. The normalized spacial score (nSPS) is 23.1. The van der Waals surface area contributed by atoms with Gasteiger partial charge in [0, 0.05) is 51.0 Å². The molecule has 5 nitrogen and oxygen atoms in total. The van der Waals surface area contributed by atoms with Crippen LogP contribution in [-0.4, -0.2) is 58.0 Å². The second-order valence-corrected chi connectivity index (χ2v) is 8.05. The van der Waals surface area contributed by atoms with Gasteiger partial charge >= 0.3 is 0 Å². The van der Waals surface area contributed by atoms with Gasteiger partial charge in [-0.25, -0.2) is 0 Å². The number of benzene rings is 1. The fraction of sp³-hybridized carbons (Fsp3) is 0.571. The van der Waals surface area contributed by atoms with Crippen LogP contribution in [-0.2, 0) is 24.9 Å². The van der Waals surface area contributed by atoms with Gasteiger partial charge in [-0.15, -0.1) is 0 Å². The number of nitrogens with zero attached hydrogens (tertiary/aromatic N) is 4. The Morgan fingerprint density at radius 3 is 2.65 bits per heavy atom. The molecule has 0 radical (unpaired) electrons. The van der Waals surface area contributed by atoms with Crippen molar-refractivity contribution < 1.29 is 4.74 Å². The third kappa shape index (κ3) is 4.00. The summed E-state index contributed by atoms with van der Waals surface area (Å²) in [5, 5.41) is 4.28. The quantitative estimate of drug-likeness (QED) is 0.827. The van der Waals surface area contributed by atoms with Crippen molar-refractivity contribution in [3.63, 3.8) is 0 Å². The smallest absolute Gasteiger partial charge is 0.0723 e. The van der Waals surface area contributed by atoms with Crippen molar-refractivity contribution in [2.75, 3.05) is 26.7 Å². The van der Waals surface area contributed by atoms with E-state index in [-0.39, 0.29) is 5.60 Å². The molecule has 2 saturated heterocycles. The largest absolute Gasteiger partial charge is 0.373 e. The summed E-state index contributed by atoms with van der Waals surface area (Å²) >= 11 is 0. The van der Waals surface area contributed by atoms with E-state index >= 15 is 0 Å². The second kappa shape index (κ2) is 7.51. The zero-order valence-electron chi connectivity index (χ0n) is 16.0. The molecule has 1 atom stereocenters. The third-order valence-electron chi connectivity index (χ3n) is 6.02. The van der Waals surface area contributed by atoms with Crippen LogP contribution in [0.3, 0.4) is 0 Å². The first-order chi connectivity index (χ1) is 12.6. The van der Waals surface area contributed by atoms with Crippen molar-refractivity contribution in [1.82, 2.24) is 19.6 Å². The maximum atomic E-state index is 6.37. The molecule has 3 heterocycles. The zero-order chi connectivity index (χ0) is 18.0. The van der Waals surface area contributed by atoms with Crippen LogP contribution in [0.2, 0.25) is 0 Å². The fourth-order valence-corrected chi connectivity index (χ4v) is 4.38. The molecule has 0 bridgehead atoms. The lowest BCUT2D eigenvalue weighted by atomic mass is 9.87. The lowest BCUT2D eigenvalue weighted by Crippen LogP contribution is -2.44. The number of hydrogen-bond donors (Lipinski definition) is 0. The van der Waals surface area contributed by atoms with E-state index in [9.17, 15) is 0 Å². The molecule has 0 saturated carbocycles. The molecule has 2 aromatic rings. The van der Waals surface area contributed by atoms with E-state index in [1.807, 2.05) is 17.9 Å². The minimum absolute atomic E-state index is 0.0983. The van der Waals surface area contributed by atoms with Gasteiger partial charge in [0.25, 0.3) is 0 Å². The van der Waals surface area contributed by atoms with Gasteiger partial charge in [0.2, 0.25) is 0 Å². The van der Waals surface area contributed by atoms with Gasteiger partial charge in [0.1, 0.15) is 0 Å². The molecule has 0 aliphatic carbocycles. The predicted molar refractivity (Wildman–Crippen MR) is 103 cm³/mol. The van der Waals surface area contributed by atoms with Gasteiger partial charge in [0.15, 0.2) is 0 Å². The molecule has 1 spiro atoms. The first kappa shape index (κ1) is 17.7. The molecule has 26 heavy (non-hydrogen) atoms. The zero-order valence-corrected chi connectivity index (χ0v) is 16.0. The Morgan fingerprint density at radius 2 is 1.96 bits per heavy atom. The van der Waals surface area contributed by atoms with Crippen molar-refractivity contribution in [1.29, 1.82) is 0 Å². The van der Waals surface area contributed by atoms with E-state index in [4.69, 9.17) is 4.74 Å². The summed E-state index contributed by atoms with van der Waals surface area (Å²) in [7, 11) is 4.21. The topological polar surface area (TPSA) is 33.5 Å². The summed E-state index contributed by atoms with van der Waals surface area (Å²) < 4.78 is 8.25. The standard InChI is InChI=1S/C21H30N4O/c1-23(14-18-6-4-3-5-7-18)20-12-21(26-17-20)8-10-25(11-9-21)16-19-13-22-24(2)15-19/h3-7,13,15,20H,8-12,14,16-17H2,1-2H3/t20-/m1/s1. The second-order valence-electron chi connectivity index (χ2n) is 8.05. The van der Waals surface area contributed by atoms with Crippen LogP contribution in [0.4, 0.5) is 0 Å². The fourth-order valence-electron chi connectivity index (χ4n) is 4.38. The van der Waals surface area contributed by atoms with Crippen LogP contribution < -0.4 is 0 Å². The molecule has 0 unspecified atom stereocenters. The summed E-state index contributed by atoms with van der Waals surface area (Å²) in [5.41, 5.74) is 2.78. The minimum Gasteiger partial charge on any atom is -0.373 e. The van der Waals surface area contributed by atoms with Gasteiger partial charge in [-0.05, 0) is 31.9 Å². The van der Waals surface area contributed by atoms with Crippen LogP contribution in [0.5, 0.6) is 0 Å². The van der Waals surface area contributed by atoms with Crippen LogP contribution in [0.25, 0.3) is 0 Å². The number of likely N-dealkylation sites (tertiary alicyclic amines) is 1. The Hall–Kier alpha value is -1.69. The molecule has 140 valence electrons. The monoisotopic (exact) mass is 354 g/mol. The Labute approximate surface area is 156 Å². The molecule has 2 aliphatic rings. The number of hydrogen-bond acceptors (Lipinski definition) is 4. The number of rotatable bonds is 5. The molecular formula is C21H30N4O. The third-order valence-corrected chi connectivity index (χ3v) is 6.02. The number of piperidine rings is 1. The lowest BCUT2D eigenvalue weighted by molar-refractivity contribution is -0.0452. The van der Waals surface area contributed by atoms with E-state index in [1.54, 1.807) is 0 Å². The lowest BCUT2D eigenvalue weighted by Gasteiger charge is -2.38. The molecule has 4 rings (SSSR count). The highest BCUT2D eigenvalue weighted by Gasteiger charge is 2.43. The summed E-state index contributed by atoms with van der Waals surface area (Å²) in [6, 6.07) is 11.3. The molecule has 1 aromatic heterocycles. The molecule has 1 aromatic carbocycles. The molecular weight excluding hydrogens is 324 g/mol. The van der Waals surface area contributed by atoms with Crippen molar-refractivity contribution in [3.8, 4) is 0 Å². The molecule has 0 N–H and O–H groups in total. The minimum atomic E-state index is 0.0983. The Morgan fingerprint density at radius 1 is 1.19 bits per heavy atom. The number of ether oxygens (including phenoxy) is 1. The molecule has 2 aliphatic heterocycles. The van der Waals surface area contributed by atoms with E-state index in [0.717, 1.165) is 52.0 Å². The van der Waals surface area contributed by atoms with Crippen LogP contribution in [0.15, 0.2) is 42.7 Å². The van der Waals surface area contributed by atoms with Gasteiger partial charge in [-0.1, -0.05) is 30.3 Å². The van der Waals surface area contributed by atoms with E-state index in [1.165, 1.54) is 11.1 Å². The number of likely N-dealkylation sites (N-methyl/N-ethyl adjacent to an activating group) is 1. The van der Waals surface area contributed by atoms with Crippen LogP contribution >= 0.6 is 0 Å². The maximum absolute atomic E-state index is 6.37. The Bertz CT molecular complexity index is 706. The highest BCUT2D eigenvalue weighted by molar-refractivity contribution is 5.14. The highest BCUT2D eigenvalue weighted by atomic mass is 16.5. The van der Waals surface area contributed by atoms with Crippen molar-refractivity contribution >= 4 is 0 Å². The summed E-state index contributed by atoms with van der Waals surface area (Å²) in [5.74, 6) is 0. The average molecular weight is 354 g/mol. The Kier molecular flexibility index (Phi) is 5.11. The van der Waals surface area contributed by atoms with Gasteiger partial charge < -0.3 is 4.74 Å². The first-order valence-electron chi connectivity index (χ1n) is 9.70. The predicted octanol–water partition coefficient (Wildman–Crippen LogP) is 2.68. The summed E-state index contributed by atoms with van der Waals surface area (Å²) in [6.07, 6.45) is 7.54. The Balaban J connectivity index is 1.28. The molecule has 0 amide bonds. The van der Waals surface area contributed by atoms with Crippen LogP contribution in [0, 0.1) is 0 Å². The summed E-state index contributed by atoms with van der Waals surface area (Å²) in [4.78, 5) is 5.00. The first-order valence-corrected chi connectivity index (χ1v) is 9.70. The molecule has 5 heteroatoms. The van der Waals surface area contributed by atoms with Gasteiger partial charge in [0.05, 0.1) is 18.4 Å². The van der Waals surface area contributed by atoms with E-state index in [2.05, 4.69) is 58.5 Å². The van der Waals surface area contributed by atoms with E-state index in [0.29, 0.717) is 6.04 Å². The van der Waals surface area contributed by atoms with Crippen molar-refractivity contribution in [2.45, 2.75) is 44.0 Å².